The molecule has 0 spiro atoms. The number of anilines is 3. The standard InChI is InChI=1S/C21H22F4N6O2S/c22-12-5-3-6-13(23)16(12)20-29-17(18(26)34-20)19(33)28-14-8-27-31(10-15(24)25)21(14)30-7-2-1-4-11(32)9-30/h3,5-6,8,11,15,32H,1-2,4,7,9-10,26H2,(H,28,33). The maximum Gasteiger partial charge on any atom is 0.277 e. The number of aliphatic hydroxyl groups is 1. The Bertz CT molecular complexity index is 1160. The topological polar surface area (TPSA) is 109 Å². The minimum atomic E-state index is -2.69. The average Bonchev–Trinajstić information content (AvgIpc) is 3.25. The van der Waals surface area contributed by atoms with Gasteiger partial charge in [-0.25, -0.2) is 27.2 Å². The summed E-state index contributed by atoms with van der Waals surface area (Å²) in [5, 5.41) is 16.6. The molecule has 2 aromatic heterocycles. The van der Waals surface area contributed by atoms with Crippen LogP contribution in [0.25, 0.3) is 10.6 Å². The van der Waals surface area contributed by atoms with E-state index < -0.39 is 42.2 Å². The number of nitrogens with two attached hydrogens (primary N) is 1. The van der Waals surface area contributed by atoms with E-state index in [1.54, 1.807) is 4.90 Å². The van der Waals surface area contributed by atoms with Gasteiger partial charge in [0.15, 0.2) is 11.5 Å². The molecule has 4 N–H and O–H groups in total. The molecular formula is C21H22F4N6O2S. The van der Waals surface area contributed by atoms with E-state index in [-0.39, 0.29) is 33.8 Å². The molecule has 1 aliphatic heterocycles. The Hall–Kier alpha value is -3.19. The first kappa shape index (κ1) is 24.0. The molecule has 1 saturated heterocycles. The molecule has 3 heterocycles. The number of nitrogens with one attached hydrogen (secondary N) is 1. The van der Waals surface area contributed by atoms with E-state index in [1.807, 2.05) is 0 Å². The van der Waals surface area contributed by atoms with Crippen LogP contribution in [0.15, 0.2) is 24.4 Å². The van der Waals surface area contributed by atoms with Crippen LogP contribution < -0.4 is 16.0 Å². The monoisotopic (exact) mass is 498 g/mol. The second-order valence-electron chi connectivity index (χ2n) is 7.83. The number of hydrogen-bond acceptors (Lipinski definition) is 7. The summed E-state index contributed by atoms with van der Waals surface area (Å²) in [5.74, 6) is -2.26. The first-order valence-electron chi connectivity index (χ1n) is 10.5. The number of thiazole rings is 1. The SMILES string of the molecule is Nc1sc(-c2c(F)cccc2F)nc1C(=O)Nc1cnn(CC(F)F)c1N1CCCCC(O)C1. The Labute approximate surface area is 196 Å². The number of β-amino-alcohol motifs (C(OH)–C–C–N with tert-alkyl or cyclic N) is 1. The number of benzene rings is 1. The molecule has 0 radical (unpaired) electrons. The normalized spacial score (nSPS) is 16.6. The fourth-order valence-electron chi connectivity index (χ4n) is 3.86. The smallest absolute Gasteiger partial charge is 0.277 e. The summed E-state index contributed by atoms with van der Waals surface area (Å²) >= 11 is 0.746. The molecule has 1 aromatic carbocycles. The molecule has 0 saturated carbocycles. The predicted octanol–water partition coefficient (Wildman–Crippen LogP) is 3.74. The zero-order valence-corrected chi connectivity index (χ0v) is 18.7. The van der Waals surface area contributed by atoms with Crippen molar-refractivity contribution in [2.75, 3.05) is 29.0 Å². The van der Waals surface area contributed by atoms with Gasteiger partial charge in [-0.1, -0.05) is 17.4 Å². The Morgan fingerprint density at radius 3 is 2.74 bits per heavy atom. The average molecular weight is 499 g/mol. The van der Waals surface area contributed by atoms with Crippen molar-refractivity contribution in [1.29, 1.82) is 0 Å². The molecule has 34 heavy (non-hydrogen) atoms. The van der Waals surface area contributed by atoms with Gasteiger partial charge in [-0.3, -0.25) is 4.79 Å². The number of aliphatic hydroxyl groups excluding tert-OH is 1. The number of hydrogen-bond donors (Lipinski definition) is 3. The molecule has 182 valence electrons. The van der Waals surface area contributed by atoms with Gasteiger partial charge in [0.2, 0.25) is 0 Å². The molecule has 1 unspecified atom stereocenters. The second-order valence-corrected chi connectivity index (χ2v) is 8.86. The van der Waals surface area contributed by atoms with Crippen LogP contribution in [0.4, 0.5) is 34.1 Å². The Balaban J connectivity index is 1.65. The molecule has 13 heteroatoms. The number of aromatic nitrogens is 3. The molecule has 8 nitrogen and oxygen atoms in total. The molecule has 1 fully saturated rings. The number of halogens is 4. The molecule has 4 rings (SSSR count). The molecule has 1 amide bonds. The Kier molecular flexibility index (Phi) is 7.03. The zero-order valence-electron chi connectivity index (χ0n) is 17.8. The molecule has 0 bridgehead atoms. The van der Waals surface area contributed by atoms with E-state index in [0.29, 0.717) is 13.0 Å². The third-order valence-corrected chi connectivity index (χ3v) is 6.26. The van der Waals surface area contributed by atoms with Crippen LogP contribution in [0.3, 0.4) is 0 Å². The third-order valence-electron chi connectivity index (χ3n) is 5.36. The first-order chi connectivity index (χ1) is 16.2. The number of alkyl halides is 2. The lowest BCUT2D eigenvalue weighted by atomic mass is 10.2. The van der Waals surface area contributed by atoms with Crippen molar-refractivity contribution in [2.45, 2.75) is 38.3 Å². The zero-order chi connectivity index (χ0) is 24.4. The number of amides is 1. The van der Waals surface area contributed by atoms with E-state index in [1.165, 1.54) is 12.3 Å². The molecule has 1 aliphatic rings. The van der Waals surface area contributed by atoms with Crippen LogP contribution in [-0.4, -0.2) is 51.4 Å². The highest BCUT2D eigenvalue weighted by atomic mass is 32.1. The maximum atomic E-state index is 14.1. The Morgan fingerprint density at radius 2 is 2.03 bits per heavy atom. The summed E-state index contributed by atoms with van der Waals surface area (Å²) in [6, 6.07) is 3.33. The summed E-state index contributed by atoms with van der Waals surface area (Å²) in [4.78, 5) is 18.7. The highest BCUT2D eigenvalue weighted by molar-refractivity contribution is 7.19. The lowest BCUT2D eigenvalue weighted by molar-refractivity contribution is 0.102. The van der Waals surface area contributed by atoms with Gasteiger partial charge in [0, 0.05) is 13.1 Å². The van der Waals surface area contributed by atoms with Crippen molar-refractivity contribution in [2.24, 2.45) is 0 Å². The van der Waals surface area contributed by atoms with E-state index in [2.05, 4.69) is 15.4 Å². The minimum absolute atomic E-state index is 0.0677. The molecule has 0 aliphatic carbocycles. The quantitative estimate of drug-likeness (QED) is 0.447. The van der Waals surface area contributed by atoms with Gasteiger partial charge in [-0.2, -0.15) is 5.10 Å². The molecular weight excluding hydrogens is 476 g/mol. The van der Waals surface area contributed by atoms with Crippen LogP contribution in [0.5, 0.6) is 0 Å². The lowest BCUT2D eigenvalue weighted by Gasteiger charge is -2.26. The van der Waals surface area contributed by atoms with Crippen LogP contribution in [0, 0.1) is 11.6 Å². The summed E-state index contributed by atoms with van der Waals surface area (Å²) < 4.78 is 55.6. The van der Waals surface area contributed by atoms with Gasteiger partial charge in [-0.15, -0.1) is 0 Å². The minimum Gasteiger partial charge on any atom is -0.391 e. The van der Waals surface area contributed by atoms with Crippen LogP contribution in [0.2, 0.25) is 0 Å². The van der Waals surface area contributed by atoms with Crippen molar-refractivity contribution in [3.63, 3.8) is 0 Å². The highest BCUT2D eigenvalue weighted by Crippen LogP contribution is 2.35. The summed E-state index contributed by atoms with van der Waals surface area (Å²) in [6.45, 7) is -0.0366. The van der Waals surface area contributed by atoms with E-state index in [4.69, 9.17) is 5.73 Å². The van der Waals surface area contributed by atoms with Crippen LogP contribution in [0.1, 0.15) is 29.8 Å². The largest absolute Gasteiger partial charge is 0.391 e. The van der Waals surface area contributed by atoms with Crippen molar-refractivity contribution in [3.05, 3.63) is 41.7 Å². The summed E-state index contributed by atoms with van der Waals surface area (Å²) in [6.07, 6.45) is -0.0489. The van der Waals surface area contributed by atoms with E-state index in [0.717, 1.165) is 41.0 Å². The van der Waals surface area contributed by atoms with Gasteiger partial charge >= 0.3 is 0 Å². The van der Waals surface area contributed by atoms with Crippen LogP contribution in [-0.2, 0) is 6.54 Å². The van der Waals surface area contributed by atoms with Crippen LogP contribution >= 0.6 is 11.3 Å². The first-order valence-corrected chi connectivity index (χ1v) is 11.3. The van der Waals surface area contributed by atoms with Gasteiger partial charge in [0.05, 0.1) is 17.9 Å². The summed E-state index contributed by atoms with van der Waals surface area (Å²) in [5.41, 5.74) is 5.38. The van der Waals surface area contributed by atoms with E-state index >= 15 is 0 Å². The van der Waals surface area contributed by atoms with Crippen molar-refractivity contribution in [1.82, 2.24) is 14.8 Å². The molecule has 3 aromatic rings. The van der Waals surface area contributed by atoms with Gasteiger partial charge in [0.1, 0.15) is 33.9 Å². The number of rotatable bonds is 6. The fraction of sp³-hybridized carbons (Fsp3) is 0.381. The lowest BCUT2D eigenvalue weighted by Crippen LogP contribution is -2.34. The number of carbonyl (C=O) groups is 1. The third kappa shape index (κ3) is 4.99. The summed E-state index contributed by atoms with van der Waals surface area (Å²) in [7, 11) is 0. The van der Waals surface area contributed by atoms with Gasteiger partial charge in [-0.05, 0) is 31.4 Å². The van der Waals surface area contributed by atoms with Gasteiger partial charge in [0.25, 0.3) is 12.3 Å². The fourth-order valence-corrected chi connectivity index (χ4v) is 4.74. The van der Waals surface area contributed by atoms with E-state index in [9.17, 15) is 27.5 Å². The number of carbonyl (C=O) groups excluding carboxylic acids is 1. The van der Waals surface area contributed by atoms with Crippen molar-refractivity contribution in [3.8, 4) is 10.6 Å². The molecule has 1 atom stereocenters. The maximum absolute atomic E-state index is 14.1. The second kappa shape index (κ2) is 9.97. The highest BCUT2D eigenvalue weighted by Gasteiger charge is 2.27. The Morgan fingerprint density at radius 1 is 1.29 bits per heavy atom. The predicted molar refractivity (Wildman–Crippen MR) is 120 cm³/mol. The van der Waals surface area contributed by atoms with Gasteiger partial charge < -0.3 is 21.1 Å². The van der Waals surface area contributed by atoms with Crippen molar-refractivity contribution < 1.29 is 27.5 Å². The van der Waals surface area contributed by atoms with Crippen molar-refractivity contribution >= 4 is 33.8 Å². The number of nitrogens with zero attached hydrogens (tertiary/aromatic N) is 4. The number of nitrogen functional groups attached to an aromatic ring is 1.